The molecule has 1 aromatic rings. The molecule has 0 amide bonds. The maximum atomic E-state index is 12.8. The summed E-state index contributed by atoms with van der Waals surface area (Å²) < 4.78 is 12.8. The van der Waals surface area contributed by atoms with Gasteiger partial charge in [0.25, 0.3) is 0 Å². The molecule has 92 valence electrons. The van der Waals surface area contributed by atoms with Gasteiger partial charge in [0, 0.05) is 31.1 Å². The lowest BCUT2D eigenvalue weighted by atomic mass is 10.00. The van der Waals surface area contributed by atoms with Crippen molar-refractivity contribution in [1.29, 1.82) is 0 Å². The Bertz CT molecular complexity index is 388. The number of hydrogen-bond donors (Lipinski definition) is 0. The number of Topliss-reactive ketones (excluding diaryl/α,β-unsaturated/α-hetero) is 1. The number of rotatable bonds is 4. The molecule has 2 rings (SSSR count). The van der Waals surface area contributed by atoms with Crippen LogP contribution in [0.3, 0.4) is 0 Å². The summed E-state index contributed by atoms with van der Waals surface area (Å²) in [4.78, 5) is 14.0. The Labute approximate surface area is 101 Å². The fraction of sp³-hybridized carbons (Fsp3) is 0.500. The molecule has 0 aliphatic carbocycles. The Morgan fingerprint density at radius 1 is 1.41 bits per heavy atom. The van der Waals surface area contributed by atoms with E-state index in [-0.39, 0.29) is 11.7 Å². The van der Waals surface area contributed by atoms with E-state index in [1.165, 1.54) is 12.1 Å². The monoisotopic (exact) mass is 235 g/mol. The number of anilines is 1. The van der Waals surface area contributed by atoms with Crippen LogP contribution in [-0.2, 0) is 4.79 Å². The topological polar surface area (TPSA) is 20.3 Å². The average Bonchev–Trinajstić information content (AvgIpc) is 2.80. The second kappa shape index (κ2) is 5.30. The Kier molecular flexibility index (Phi) is 3.77. The molecule has 1 aromatic carbocycles. The summed E-state index contributed by atoms with van der Waals surface area (Å²) in [5.74, 6) is 0.323. The summed E-state index contributed by atoms with van der Waals surface area (Å²) in [7, 11) is 0. The van der Waals surface area contributed by atoms with E-state index in [4.69, 9.17) is 0 Å². The highest BCUT2D eigenvalue weighted by Crippen LogP contribution is 2.25. The molecule has 1 aliphatic heterocycles. The normalized spacial score (nSPS) is 19.6. The highest BCUT2D eigenvalue weighted by atomic mass is 19.1. The fourth-order valence-electron chi connectivity index (χ4n) is 2.36. The molecule has 0 saturated carbocycles. The van der Waals surface area contributed by atoms with Crippen LogP contribution in [0.25, 0.3) is 0 Å². The van der Waals surface area contributed by atoms with Crippen molar-refractivity contribution < 1.29 is 9.18 Å². The Hall–Kier alpha value is -1.38. The van der Waals surface area contributed by atoms with Gasteiger partial charge in [-0.05, 0) is 37.1 Å². The van der Waals surface area contributed by atoms with Crippen LogP contribution in [0.2, 0.25) is 0 Å². The lowest BCUT2D eigenvalue weighted by molar-refractivity contribution is -0.122. The molecule has 0 spiro atoms. The van der Waals surface area contributed by atoms with E-state index in [0.29, 0.717) is 12.2 Å². The van der Waals surface area contributed by atoms with E-state index in [0.717, 1.165) is 31.6 Å². The predicted molar refractivity (Wildman–Crippen MR) is 66.6 cm³/mol. The Morgan fingerprint density at radius 2 is 2.12 bits per heavy atom. The van der Waals surface area contributed by atoms with Gasteiger partial charge in [-0.1, -0.05) is 6.92 Å². The van der Waals surface area contributed by atoms with Gasteiger partial charge < -0.3 is 4.90 Å². The molecular weight excluding hydrogens is 217 g/mol. The zero-order valence-corrected chi connectivity index (χ0v) is 10.2. The number of ketones is 1. The number of nitrogens with zero attached hydrogens (tertiary/aromatic N) is 1. The van der Waals surface area contributed by atoms with Crippen molar-refractivity contribution in [3.8, 4) is 0 Å². The third-order valence-electron chi connectivity index (χ3n) is 3.33. The molecule has 3 heteroatoms. The largest absolute Gasteiger partial charge is 0.371 e. The predicted octanol–water partition coefficient (Wildman–Crippen LogP) is 3.02. The summed E-state index contributed by atoms with van der Waals surface area (Å²) in [6.07, 6.45) is 2.53. The van der Waals surface area contributed by atoms with Crippen molar-refractivity contribution >= 4 is 11.5 Å². The summed E-state index contributed by atoms with van der Waals surface area (Å²) >= 11 is 0. The first-order valence-electron chi connectivity index (χ1n) is 6.24. The van der Waals surface area contributed by atoms with Gasteiger partial charge in [-0.15, -0.1) is 0 Å². The van der Waals surface area contributed by atoms with Crippen molar-refractivity contribution in [1.82, 2.24) is 0 Å². The van der Waals surface area contributed by atoms with E-state index in [2.05, 4.69) is 4.90 Å². The smallest absolute Gasteiger partial charge is 0.137 e. The molecule has 0 N–H and O–H groups in total. The van der Waals surface area contributed by atoms with Crippen LogP contribution in [0.15, 0.2) is 24.3 Å². The molecule has 0 aromatic heterocycles. The lowest BCUT2D eigenvalue weighted by Crippen LogP contribution is -2.22. The van der Waals surface area contributed by atoms with Gasteiger partial charge in [0.15, 0.2) is 0 Å². The van der Waals surface area contributed by atoms with E-state index in [9.17, 15) is 9.18 Å². The van der Waals surface area contributed by atoms with Gasteiger partial charge >= 0.3 is 0 Å². The first-order valence-corrected chi connectivity index (χ1v) is 6.24. The highest BCUT2D eigenvalue weighted by molar-refractivity contribution is 5.82. The summed E-state index contributed by atoms with van der Waals surface area (Å²) in [5.41, 5.74) is 1.01. The Balaban J connectivity index is 1.98. The molecule has 0 bridgehead atoms. The van der Waals surface area contributed by atoms with Gasteiger partial charge in [-0.3, -0.25) is 4.79 Å². The minimum Gasteiger partial charge on any atom is -0.371 e. The van der Waals surface area contributed by atoms with E-state index in [1.54, 1.807) is 12.1 Å². The molecule has 1 aliphatic rings. The van der Waals surface area contributed by atoms with Crippen LogP contribution in [0.4, 0.5) is 10.1 Å². The number of carbonyl (C=O) groups is 1. The first-order chi connectivity index (χ1) is 8.20. The van der Waals surface area contributed by atoms with Gasteiger partial charge in [-0.25, -0.2) is 4.39 Å². The second-order valence-corrected chi connectivity index (χ2v) is 4.62. The zero-order valence-electron chi connectivity index (χ0n) is 10.2. The molecule has 1 atom stereocenters. The standard InChI is InChI=1S/C14H18FNO/c1-2-3-14(17)11-8-9-16(10-11)13-6-4-12(15)5-7-13/h4-7,11H,2-3,8-10H2,1H3. The van der Waals surface area contributed by atoms with Crippen molar-refractivity contribution in [2.45, 2.75) is 26.2 Å². The van der Waals surface area contributed by atoms with Gasteiger partial charge in [-0.2, -0.15) is 0 Å². The maximum Gasteiger partial charge on any atom is 0.137 e. The number of halogens is 1. The minimum atomic E-state index is -0.216. The molecule has 1 heterocycles. The van der Waals surface area contributed by atoms with Crippen LogP contribution in [-0.4, -0.2) is 18.9 Å². The summed E-state index contributed by atoms with van der Waals surface area (Å²) in [5, 5.41) is 0. The number of hydrogen-bond acceptors (Lipinski definition) is 2. The SMILES string of the molecule is CCCC(=O)C1CCN(c2ccc(F)cc2)C1. The zero-order chi connectivity index (χ0) is 12.3. The van der Waals surface area contributed by atoms with Crippen LogP contribution in [0.1, 0.15) is 26.2 Å². The lowest BCUT2D eigenvalue weighted by Gasteiger charge is -2.18. The van der Waals surface area contributed by atoms with E-state index < -0.39 is 0 Å². The quantitative estimate of drug-likeness (QED) is 0.799. The van der Waals surface area contributed by atoms with E-state index in [1.807, 2.05) is 6.92 Å². The van der Waals surface area contributed by atoms with Crippen LogP contribution >= 0.6 is 0 Å². The first kappa shape index (κ1) is 12.1. The number of carbonyl (C=O) groups excluding carboxylic acids is 1. The molecule has 1 saturated heterocycles. The maximum absolute atomic E-state index is 12.8. The minimum absolute atomic E-state index is 0.167. The fourth-order valence-corrected chi connectivity index (χ4v) is 2.36. The molecule has 17 heavy (non-hydrogen) atoms. The third-order valence-corrected chi connectivity index (χ3v) is 3.33. The summed E-state index contributed by atoms with van der Waals surface area (Å²) in [6.45, 7) is 3.71. The van der Waals surface area contributed by atoms with Crippen molar-refractivity contribution in [3.05, 3.63) is 30.1 Å². The van der Waals surface area contributed by atoms with Crippen molar-refractivity contribution in [3.63, 3.8) is 0 Å². The highest BCUT2D eigenvalue weighted by Gasteiger charge is 2.27. The third kappa shape index (κ3) is 2.84. The van der Waals surface area contributed by atoms with Crippen LogP contribution in [0.5, 0.6) is 0 Å². The molecule has 1 fully saturated rings. The van der Waals surface area contributed by atoms with Crippen LogP contribution < -0.4 is 4.90 Å². The summed E-state index contributed by atoms with van der Waals surface area (Å²) in [6, 6.07) is 6.50. The second-order valence-electron chi connectivity index (χ2n) is 4.62. The van der Waals surface area contributed by atoms with Crippen LogP contribution in [0, 0.1) is 11.7 Å². The Morgan fingerprint density at radius 3 is 2.76 bits per heavy atom. The van der Waals surface area contributed by atoms with Crippen molar-refractivity contribution in [2.24, 2.45) is 5.92 Å². The van der Waals surface area contributed by atoms with Gasteiger partial charge in [0.1, 0.15) is 11.6 Å². The van der Waals surface area contributed by atoms with E-state index >= 15 is 0 Å². The van der Waals surface area contributed by atoms with Crippen molar-refractivity contribution in [2.75, 3.05) is 18.0 Å². The average molecular weight is 235 g/mol. The van der Waals surface area contributed by atoms with Gasteiger partial charge in [0.2, 0.25) is 0 Å². The molecule has 0 radical (unpaired) electrons. The van der Waals surface area contributed by atoms with Gasteiger partial charge in [0.05, 0.1) is 0 Å². The molecule has 1 unspecified atom stereocenters. The molecule has 2 nitrogen and oxygen atoms in total. The number of benzene rings is 1. The molecular formula is C14H18FNO.